The Bertz CT molecular complexity index is 1160. The standard InChI is InChI=1S/C23H27FN4O3S/c1-3-14-32(30,31)27-21-7-4-6-18(15-21)23(29)28(2)13-5-8-20-16-22(26-25-20)17-9-11-19(24)12-10-17/h4,6-7,9-12,15-16,27H,3,5,8,13-14H2,1-2H3,(H,25,26). The molecule has 1 amide bonds. The number of nitrogens with one attached hydrogen (secondary N) is 2. The first-order chi connectivity index (χ1) is 15.3. The van der Waals surface area contributed by atoms with Crippen molar-refractivity contribution in [3.05, 3.63) is 71.7 Å². The van der Waals surface area contributed by atoms with Crippen molar-refractivity contribution >= 4 is 21.6 Å². The summed E-state index contributed by atoms with van der Waals surface area (Å²) in [5.41, 5.74) is 3.30. The van der Waals surface area contributed by atoms with Gasteiger partial charge in [0.05, 0.1) is 11.4 Å². The first kappa shape index (κ1) is 23.5. The molecule has 3 rings (SSSR count). The van der Waals surface area contributed by atoms with E-state index in [4.69, 9.17) is 0 Å². The fraction of sp³-hybridized carbons (Fsp3) is 0.304. The second-order valence-corrected chi connectivity index (χ2v) is 9.46. The highest BCUT2D eigenvalue weighted by molar-refractivity contribution is 7.92. The van der Waals surface area contributed by atoms with Gasteiger partial charge in [0, 0.05) is 36.1 Å². The number of halogens is 1. The number of carbonyl (C=O) groups is 1. The zero-order chi connectivity index (χ0) is 23.1. The van der Waals surface area contributed by atoms with Gasteiger partial charge in [-0.25, -0.2) is 12.8 Å². The van der Waals surface area contributed by atoms with E-state index in [1.54, 1.807) is 55.3 Å². The fourth-order valence-electron chi connectivity index (χ4n) is 3.30. The summed E-state index contributed by atoms with van der Waals surface area (Å²) in [6.07, 6.45) is 1.93. The molecule has 0 atom stereocenters. The molecule has 0 aliphatic heterocycles. The summed E-state index contributed by atoms with van der Waals surface area (Å²) in [7, 11) is -1.70. The van der Waals surface area contributed by atoms with Crippen molar-refractivity contribution in [2.45, 2.75) is 26.2 Å². The third-order valence-corrected chi connectivity index (χ3v) is 6.41. The second kappa shape index (κ2) is 10.4. The molecule has 7 nitrogen and oxygen atoms in total. The van der Waals surface area contributed by atoms with E-state index in [9.17, 15) is 17.6 Å². The molecule has 0 saturated carbocycles. The molecule has 0 unspecified atom stereocenters. The number of sulfonamides is 1. The Hall–Kier alpha value is -3.20. The number of rotatable bonds is 10. The number of hydrogen-bond acceptors (Lipinski definition) is 4. The third kappa shape index (κ3) is 6.40. The molecule has 2 aromatic carbocycles. The summed E-state index contributed by atoms with van der Waals surface area (Å²) in [5, 5.41) is 7.25. The van der Waals surface area contributed by atoms with E-state index < -0.39 is 10.0 Å². The monoisotopic (exact) mass is 458 g/mol. The van der Waals surface area contributed by atoms with Crippen LogP contribution in [0.1, 0.15) is 35.8 Å². The van der Waals surface area contributed by atoms with Crippen molar-refractivity contribution in [2.24, 2.45) is 0 Å². The number of anilines is 1. The van der Waals surface area contributed by atoms with Crippen LogP contribution in [0.2, 0.25) is 0 Å². The largest absolute Gasteiger partial charge is 0.342 e. The Balaban J connectivity index is 1.54. The maximum Gasteiger partial charge on any atom is 0.253 e. The number of aryl methyl sites for hydroxylation is 1. The van der Waals surface area contributed by atoms with Gasteiger partial charge >= 0.3 is 0 Å². The molecule has 0 radical (unpaired) electrons. The maximum atomic E-state index is 13.1. The molecule has 0 aliphatic carbocycles. The zero-order valence-corrected chi connectivity index (χ0v) is 19.0. The van der Waals surface area contributed by atoms with Gasteiger partial charge in [-0.2, -0.15) is 5.10 Å². The lowest BCUT2D eigenvalue weighted by Gasteiger charge is -2.17. The number of amides is 1. The van der Waals surface area contributed by atoms with E-state index in [-0.39, 0.29) is 17.5 Å². The Morgan fingerprint density at radius 3 is 2.62 bits per heavy atom. The maximum absolute atomic E-state index is 13.1. The van der Waals surface area contributed by atoms with E-state index >= 15 is 0 Å². The van der Waals surface area contributed by atoms with Crippen LogP contribution in [0.5, 0.6) is 0 Å². The molecule has 1 aromatic heterocycles. The molecule has 0 spiro atoms. The second-order valence-electron chi connectivity index (χ2n) is 7.62. The molecule has 2 N–H and O–H groups in total. The highest BCUT2D eigenvalue weighted by Crippen LogP contribution is 2.19. The van der Waals surface area contributed by atoms with Crippen molar-refractivity contribution in [1.29, 1.82) is 0 Å². The molecule has 0 bridgehead atoms. The minimum Gasteiger partial charge on any atom is -0.342 e. The molecule has 32 heavy (non-hydrogen) atoms. The van der Waals surface area contributed by atoms with E-state index in [2.05, 4.69) is 14.9 Å². The molecular weight excluding hydrogens is 431 g/mol. The van der Waals surface area contributed by atoms with Crippen LogP contribution in [0.15, 0.2) is 54.6 Å². The Morgan fingerprint density at radius 2 is 1.91 bits per heavy atom. The summed E-state index contributed by atoms with van der Waals surface area (Å²) >= 11 is 0. The fourth-order valence-corrected chi connectivity index (χ4v) is 4.43. The predicted molar refractivity (Wildman–Crippen MR) is 123 cm³/mol. The van der Waals surface area contributed by atoms with Gasteiger partial charge < -0.3 is 4.90 Å². The van der Waals surface area contributed by atoms with Crippen molar-refractivity contribution in [3.63, 3.8) is 0 Å². The van der Waals surface area contributed by atoms with Gasteiger partial charge in [-0.1, -0.05) is 13.0 Å². The van der Waals surface area contributed by atoms with Crippen LogP contribution in [0, 0.1) is 5.82 Å². The third-order valence-electron chi connectivity index (χ3n) is 4.91. The molecule has 0 saturated heterocycles. The first-order valence-electron chi connectivity index (χ1n) is 10.4. The Kier molecular flexibility index (Phi) is 7.63. The van der Waals surface area contributed by atoms with Crippen LogP contribution in [-0.4, -0.2) is 48.8 Å². The highest BCUT2D eigenvalue weighted by Gasteiger charge is 2.14. The summed E-state index contributed by atoms with van der Waals surface area (Å²) in [4.78, 5) is 14.4. The molecule has 1 heterocycles. The predicted octanol–water partition coefficient (Wildman–Crippen LogP) is 4.07. The van der Waals surface area contributed by atoms with Gasteiger partial charge in [0.15, 0.2) is 0 Å². The molecule has 0 aliphatic rings. The average Bonchev–Trinajstić information content (AvgIpc) is 3.22. The molecule has 3 aromatic rings. The minimum atomic E-state index is -3.42. The Morgan fingerprint density at radius 1 is 1.16 bits per heavy atom. The van der Waals surface area contributed by atoms with Crippen LogP contribution >= 0.6 is 0 Å². The van der Waals surface area contributed by atoms with Crippen LogP contribution < -0.4 is 4.72 Å². The van der Waals surface area contributed by atoms with Gasteiger partial charge in [0.2, 0.25) is 10.0 Å². The molecule has 9 heteroatoms. The van der Waals surface area contributed by atoms with E-state index in [0.717, 1.165) is 23.4 Å². The van der Waals surface area contributed by atoms with Crippen molar-refractivity contribution < 1.29 is 17.6 Å². The summed E-state index contributed by atoms with van der Waals surface area (Å²) in [5.74, 6) is -0.444. The van der Waals surface area contributed by atoms with Gasteiger partial charge in [0.25, 0.3) is 5.91 Å². The number of hydrogen-bond donors (Lipinski definition) is 2. The first-order valence-corrected chi connectivity index (χ1v) is 12.1. The van der Waals surface area contributed by atoms with E-state index in [1.807, 2.05) is 6.07 Å². The normalized spacial score (nSPS) is 11.3. The van der Waals surface area contributed by atoms with Crippen molar-refractivity contribution in [3.8, 4) is 11.3 Å². The average molecular weight is 459 g/mol. The zero-order valence-electron chi connectivity index (χ0n) is 18.1. The number of H-pyrrole nitrogens is 1. The molecular formula is C23H27FN4O3S. The van der Waals surface area contributed by atoms with Gasteiger partial charge in [-0.15, -0.1) is 0 Å². The minimum absolute atomic E-state index is 0.0293. The van der Waals surface area contributed by atoms with Gasteiger partial charge in [-0.05, 0) is 67.8 Å². The van der Waals surface area contributed by atoms with Gasteiger partial charge in [-0.3, -0.25) is 14.6 Å². The van der Waals surface area contributed by atoms with E-state index in [1.165, 1.54) is 12.1 Å². The van der Waals surface area contributed by atoms with Crippen LogP contribution in [0.25, 0.3) is 11.3 Å². The quantitative estimate of drug-likeness (QED) is 0.479. The molecule has 0 fully saturated rings. The highest BCUT2D eigenvalue weighted by atomic mass is 32.2. The van der Waals surface area contributed by atoms with Crippen LogP contribution in [0.4, 0.5) is 10.1 Å². The summed E-state index contributed by atoms with van der Waals surface area (Å²) in [6.45, 7) is 2.32. The smallest absolute Gasteiger partial charge is 0.253 e. The van der Waals surface area contributed by atoms with Crippen LogP contribution in [-0.2, 0) is 16.4 Å². The Labute approximate surface area is 187 Å². The summed E-state index contributed by atoms with van der Waals surface area (Å²) in [6, 6.07) is 14.6. The summed E-state index contributed by atoms with van der Waals surface area (Å²) < 4.78 is 39.5. The van der Waals surface area contributed by atoms with Crippen molar-refractivity contribution in [1.82, 2.24) is 15.1 Å². The lowest BCUT2D eigenvalue weighted by Crippen LogP contribution is -2.28. The van der Waals surface area contributed by atoms with Crippen LogP contribution in [0.3, 0.4) is 0 Å². The topological polar surface area (TPSA) is 95.2 Å². The van der Waals surface area contributed by atoms with Crippen molar-refractivity contribution in [2.75, 3.05) is 24.1 Å². The van der Waals surface area contributed by atoms with Gasteiger partial charge in [0.1, 0.15) is 5.82 Å². The number of aromatic amines is 1. The number of aromatic nitrogens is 2. The van der Waals surface area contributed by atoms with E-state index in [0.29, 0.717) is 30.6 Å². The molecule has 170 valence electrons. The lowest BCUT2D eigenvalue weighted by atomic mass is 10.1. The number of carbonyl (C=O) groups excluding carboxylic acids is 1. The lowest BCUT2D eigenvalue weighted by molar-refractivity contribution is 0.0793. The SMILES string of the molecule is CCCS(=O)(=O)Nc1cccc(C(=O)N(C)CCCc2cc(-c3ccc(F)cc3)n[nH]2)c1. The number of benzene rings is 2. The number of nitrogens with zero attached hydrogens (tertiary/aromatic N) is 2.